The van der Waals surface area contributed by atoms with E-state index in [1.807, 2.05) is 39.0 Å². The summed E-state index contributed by atoms with van der Waals surface area (Å²) in [6, 6.07) is 12.7. The van der Waals surface area contributed by atoms with Crippen LogP contribution in [0.3, 0.4) is 0 Å². The Morgan fingerprint density at radius 2 is 1.88 bits per heavy atom. The molecule has 1 aliphatic rings. The molecule has 2 aromatic rings. The number of rotatable bonds is 2. The van der Waals surface area contributed by atoms with E-state index in [2.05, 4.69) is 5.32 Å². The van der Waals surface area contributed by atoms with Gasteiger partial charge in [-0.3, -0.25) is 9.59 Å². The number of benzene rings is 2. The van der Waals surface area contributed by atoms with Crippen molar-refractivity contribution >= 4 is 23.6 Å². The molecule has 0 unspecified atom stereocenters. The largest absolute Gasteiger partial charge is 0.449 e. The molecule has 0 saturated heterocycles. The summed E-state index contributed by atoms with van der Waals surface area (Å²) in [6.07, 6.45) is 1.68. The summed E-state index contributed by atoms with van der Waals surface area (Å²) in [5.74, 6) is 0.666. The van der Waals surface area contributed by atoms with Crippen LogP contribution in [-0.4, -0.2) is 11.9 Å². The van der Waals surface area contributed by atoms with Gasteiger partial charge in [0.15, 0.2) is 11.5 Å². The van der Waals surface area contributed by atoms with E-state index in [0.29, 0.717) is 17.2 Å². The molecular weight excluding hydrogens is 330 g/mol. The van der Waals surface area contributed by atoms with Crippen LogP contribution in [0.25, 0.3) is 6.08 Å². The Morgan fingerprint density at radius 1 is 1.15 bits per heavy atom. The van der Waals surface area contributed by atoms with Crippen molar-refractivity contribution in [3.8, 4) is 11.5 Å². The molecule has 5 nitrogen and oxygen atoms in total. The van der Waals surface area contributed by atoms with Gasteiger partial charge >= 0.3 is 5.97 Å². The van der Waals surface area contributed by atoms with Crippen molar-refractivity contribution in [2.24, 2.45) is 0 Å². The van der Waals surface area contributed by atoms with Gasteiger partial charge in [0.05, 0.1) is 5.69 Å². The zero-order chi connectivity index (χ0) is 18.9. The minimum atomic E-state index is -0.367. The molecule has 134 valence electrons. The van der Waals surface area contributed by atoms with Crippen molar-refractivity contribution < 1.29 is 19.1 Å². The molecule has 0 spiro atoms. The summed E-state index contributed by atoms with van der Waals surface area (Å²) in [6.45, 7) is 7.48. The number of para-hydroxylation sites is 2. The molecule has 0 radical (unpaired) electrons. The Balaban J connectivity index is 1.98. The Labute approximate surface area is 152 Å². The Kier molecular flexibility index (Phi) is 4.55. The second-order valence-corrected chi connectivity index (χ2v) is 7.16. The number of amides is 1. The van der Waals surface area contributed by atoms with Crippen molar-refractivity contribution in [2.75, 3.05) is 5.32 Å². The molecule has 26 heavy (non-hydrogen) atoms. The molecule has 0 aliphatic carbocycles. The summed E-state index contributed by atoms with van der Waals surface area (Å²) in [4.78, 5) is 23.6. The van der Waals surface area contributed by atoms with Crippen LogP contribution in [0.4, 0.5) is 5.69 Å². The van der Waals surface area contributed by atoms with Crippen LogP contribution >= 0.6 is 0 Å². The van der Waals surface area contributed by atoms with Crippen molar-refractivity contribution in [3.63, 3.8) is 0 Å². The van der Waals surface area contributed by atoms with Gasteiger partial charge in [-0.2, -0.15) is 0 Å². The zero-order valence-corrected chi connectivity index (χ0v) is 15.3. The van der Waals surface area contributed by atoms with Crippen LogP contribution in [0.5, 0.6) is 11.5 Å². The van der Waals surface area contributed by atoms with Gasteiger partial charge in [0.25, 0.3) is 5.91 Å². The Morgan fingerprint density at radius 3 is 2.58 bits per heavy atom. The molecule has 2 aromatic carbocycles. The van der Waals surface area contributed by atoms with E-state index < -0.39 is 0 Å². The fraction of sp³-hybridized carbons (Fsp3) is 0.238. The van der Waals surface area contributed by atoms with Crippen LogP contribution in [0, 0.1) is 0 Å². The van der Waals surface area contributed by atoms with Gasteiger partial charge in [-0.1, -0.05) is 39.0 Å². The molecule has 0 fully saturated rings. The van der Waals surface area contributed by atoms with E-state index >= 15 is 0 Å². The minimum Gasteiger partial charge on any atom is -0.449 e. The first-order valence-corrected chi connectivity index (χ1v) is 8.37. The van der Waals surface area contributed by atoms with Gasteiger partial charge in [0.2, 0.25) is 0 Å². The maximum atomic E-state index is 12.3. The normalized spacial score (nSPS) is 15.1. The van der Waals surface area contributed by atoms with Crippen LogP contribution in [0.15, 0.2) is 48.2 Å². The third-order valence-corrected chi connectivity index (χ3v) is 3.94. The number of ether oxygens (including phenoxy) is 2. The van der Waals surface area contributed by atoms with Crippen LogP contribution < -0.4 is 14.8 Å². The smallest absolute Gasteiger partial charge is 0.308 e. The number of hydrogen-bond donors (Lipinski definition) is 1. The number of carbonyl (C=O) groups is 2. The van der Waals surface area contributed by atoms with Crippen molar-refractivity contribution in [1.29, 1.82) is 0 Å². The van der Waals surface area contributed by atoms with Gasteiger partial charge in [-0.25, -0.2) is 0 Å². The molecule has 1 aliphatic heterocycles. The van der Waals surface area contributed by atoms with Crippen LogP contribution in [0.1, 0.15) is 38.8 Å². The van der Waals surface area contributed by atoms with Gasteiger partial charge in [-0.05, 0) is 41.3 Å². The van der Waals surface area contributed by atoms with E-state index in [1.54, 1.807) is 30.3 Å². The number of nitrogens with one attached hydrogen (secondary N) is 1. The first kappa shape index (κ1) is 17.7. The SMILES string of the molecule is CC(=O)Oc1ccc(C=C2Oc3ccccc3NC2=O)cc1C(C)(C)C. The van der Waals surface area contributed by atoms with E-state index in [9.17, 15) is 9.59 Å². The van der Waals surface area contributed by atoms with Crippen molar-refractivity contribution in [1.82, 2.24) is 0 Å². The van der Waals surface area contributed by atoms with E-state index in [1.165, 1.54) is 6.92 Å². The third kappa shape index (κ3) is 3.77. The highest BCUT2D eigenvalue weighted by Crippen LogP contribution is 2.34. The zero-order valence-electron chi connectivity index (χ0n) is 15.3. The van der Waals surface area contributed by atoms with E-state index in [-0.39, 0.29) is 23.1 Å². The van der Waals surface area contributed by atoms with Crippen molar-refractivity contribution in [2.45, 2.75) is 33.1 Å². The highest BCUT2D eigenvalue weighted by Gasteiger charge is 2.23. The molecule has 0 aromatic heterocycles. The maximum Gasteiger partial charge on any atom is 0.308 e. The number of anilines is 1. The maximum absolute atomic E-state index is 12.3. The summed E-state index contributed by atoms with van der Waals surface area (Å²) in [7, 11) is 0. The first-order valence-electron chi connectivity index (χ1n) is 8.37. The highest BCUT2D eigenvalue weighted by atomic mass is 16.5. The number of esters is 1. The van der Waals surface area contributed by atoms with Crippen molar-refractivity contribution in [3.05, 3.63) is 59.4 Å². The Hall–Kier alpha value is -3.08. The second kappa shape index (κ2) is 6.67. The van der Waals surface area contributed by atoms with Gasteiger partial charge < -0.3 is 14.8 Å². The lowest BCUT2D eigenvalue weighted by Gasteiger charge is -2.23. The lowest BCUT2D eigenvalue weighted by molar-refractivity contribution is -0.132. The Bertz CT molecular complexity index is 906. The van der Waals surface area contributed by atoms with Crippen LogP contribution in [0.2, 0.25) is 0 Å². The molecule has 0 atom stereocenters. The molecule has 3 rings (SSSR count). The third-order valence-electron chi connectivity index (χ3n) is 3.94. The summed E-state index contributed by atoms with van der Waals surface area (Å²) in [5, 5.41) is 2.81. The lowest BCUT2D eigenvalue weighted by atomic mass is 9.85. The quantitative estimate of drug-likeness (QED) is 0.498. The fourth-order valence-corrected chi connectivity index (χ4v) is 2.72. The fourth-order valence-electron chi connectivity index (χ4n) is 2.72. The molecule has 5 heteroatoms. The predicted octanol–water partition coefficient (Wildman–Crippen LogP) is 4.28. The first-order chi connectivity index (χ1) is 12.2. The summed E-state index contributed by atoms with van der Waals surface area (Å²) >= 11 is 0. The molecule has 1 N–H and O–H groups in total. The predicted molar refractivity (Wildman–Crippen MR) is 100 cm³/mol. The molecule has 1 heterocycles. The minimum absolute atomic E-state index is 0.212. The molecule has 0 saturated carbocycles. The number of hydrogen-bond acceptors (Lipinski definition) is 4. The monoisotopic (exact) mass is 351 g/mol. The number of fused-ring (bicyclic) bond motifs is 1. The summed E-state index contributed by atoms with van der Waals surface area (Å²) < 4.78 is 11.0. The van der Waals surface area contributed by atoms with Gasteiger partial charge in [0.1, 0.15) is 5.75 Å². The summed E-state index contributed by atoms with van der Waals surface area (Å²) in [5.41, 5.74) is 2.07. The standard InChI is InChI=1S/C21H21NO4/c1-13(23)25-17-10-9-14(11-15(17)21(2,3)4)12-19-20(24)22-16-7-5-6-8-18(16)26-19/h5-12H,1-4H3,(H,22,24). The average molecular weight is 351 g/mol. The average Bonchev–Trinajstić information content (AvgIpc) is 2.55. The molecular formula is C21H21NO4. The van der Waals surface area contributed by atoms with Gasteiger partial charge in [-0.15, -0.1) is 0 Å². The number of carbonyl (C=O) groups excluding carboxylic acids is 2. The highest BCUT2D eigenvalue weighted by molar-refractivity contribution is 6.08. The second-order valence-electron chi connectivity index (χ2n) is 7.16. The van der Waals surface area contributed by atoms with Crippen LogP contribution in [-0.2, 0) is 15.0 Å². The van der Waals surface area contributed by atoms with Gasteiger partial charge in [0, 0.05) is 12.5 Å². The molecule has 1 amide bonds. The molecule has 0 bridgehead atoms. The topological polar surface area (TPSA) is 64.6 Å². The van der Waals surface area contributed by atoms with E-state index in [0.717, 1.165) is 11.1 Å². The lowest BCUT2D eigenvalue weighted by Crippen LogP contribution is -2.23. The van der Waals surface area contributed by atoms with E-state index in [4.69, 9.17) is 9.47 Å².